The van der Waals surface area contributed by atoms with Crippen molar-refractivity contribution in [3.05, 3.63) is 45.1 Å². The summed E-state index contributed by atoms with van der Waals surface area (Å²) in [6.07, 6.45) is -1.50. The van der Waals surface area contributed by atoms with Gasteiger partial charge in [0.05, 0.1) is 34.5 Å². The van der Waals surface area contributed by atoms with E-state index in [0.717, 1.165) is 0 Å². The Morgan fingerprint density at radius 1 is 1.23 bits per heavy atom. The van der Waals surface area contributed by atoms with E-state index in [0.29, 0.717) is 11.3 Å². The van der Waals surface area contributed by atoms with Crippen LogP contribution in [0, 0.1) is 5.92 Å². The lowest BCUT2D eigenvalue weighted by Crippen LogP contribution is -2.37. The van der Waals surface area contributed by atoms with Gasteiger partial charge in [-0.2, -0.15) is 0 Å². The molecule has 1 heterocycles. The summed E-state index contributed by atoms with van der Waals surface area (Å²) in [5, 5.41) is 0.405. The highest BCUT2D eigenvalue weighted by Crippen LogP contribution is 2.44. The number of esters is 2. The van der Waals surface area contributed by atoms with Crippen LogP contribution in [0.2, 0.25) is 10.0 Å². The molecule has 0 radical (unpaired) electrons. The van der Waals surface area contributed by atoms with Crippen LogP contribution >= 0.6 is 23.2 Å². The summed E-state index contributed by atoms with van der Waals surface area (Å²) in [5.74, 6) is -3.27. The second kappa shape index (κ2) is 9.95. The van der Waals surface area contributed by atoms with Gasteiger partial charge >= 0.3 is 18.0 Å². The maximum atomic E-state index is 13.1. The van der Waals surface area contributed by atoms with Crippen molar-refractivity contribution < 1.29 is 28.6 Å². The molecule has 2 rings (SSSR count). The summed E-state index contributed by atoms with van der Waals surface area (Å²) < 4.78 is 15.2. The molecule has 1 aliphatic heterocycles. The first-order chi connectivity index (χ1) is 14.1. The zero-order valence-electron chi connectivity index (χ0n) is 16.9. The minimum absolute atomic E-state index is 0.00937. The molecule has 0 aliphatic carbocycles. The number of rotatable bonds is 6. The van der Waals surface area contributed by atoms with E-state index in [-0.39, 0.29) is 21.3 Å². The van der Waals surface area contributed by atoms with Gasteiger partial charge in [0.15, 0.2) is 0 Å². The first kappa shape index (κ1) is 23.7. The Balaban J connectivity index is 2.78. The third kappa shape index (κ3) is 5.12. The summed E-state index contributed by atoms with van der Waals surface area (Å²) in [7, 11) is 1.23. The summed E-state index contributed by atoms with van der Waals surface area (Å²) in [4.78, 5) is 41.2. The van der Waals surface area contributed by atoms with E-state index in [1.54, 1.807) is 39.0 Å². The number of halogens is 2. The topological polar surface area (TPSA) is 117 Å². The van der Waals surface area contributed by atoms with E-state index >= 15 is 0 Å². The Morgan fingerprint density at radius 2 is 1.90 bits per heavy atom. The molecular formula is C20H22Cl2N2O6. The van der Waals surface area contributed by atoms with Crippen molar-refractivity contribution >= 4 is 46.9 Å². The van der Waals surface area contributed by atoms with Gasteiger partial charge in [-0.15, -0.1) is 0 Å². The number of nitrogens with zero attached hydrogens (tertiary/aromatic N) is 1. The number of carbonyl (C=O) groups is 3. The Labute approximate surface area is 184 Å². The number of nitrogens with two attached hydrogens (primary N) is 1. The maximum absolute atomic E-state index is 13.1. The average molecular weight is 457 g/mol. The lowest BCUT2D eigenvalue weighted by atomic mass is 9.75. The summed E-state index contributed by atoms with van der Waals surface area (Å²) in [6.45, 7) is 4.56. The third-order valence-electron chi connectivity index (χ3n) is 4.40. The molecule has 0 saturated heterocycles. The minimum Gasteiger partial charge on any atom is -0.468 e. The Morgan fingerprint density at radius 3 is 2.47 bits per heavy atom. The second-order valence-corrected chi connectivity index (χ2v) is 7.58. The van der Waals surface area contributed by atoms with Gasteiger partial charge in [-0.3, -0.25) is 9.79 Å². The molecular weight excluding hydrogens is 435 g/mol. The Hall–Kier alpha value is -2.58. The van der Waals surface area contributed by atoms with Crippen molar-refractivity contribution in [1.82, 2.24) is 0 Å². The highest BCUT2D eigenvalue weighted by Gasteiger charge is 2.44. The number of carbonyl (C=O) groups excluding carboxylic acids is 3. The zero-order valence-corrected chi connectivity index (χ0v) is 18.4. The molecule has 0 spiro atoms. The standard InChI is InChI=1S/C20H22Cl2N2O6/c1-9(2)30-19(26)16-13(8-29-20(23)27)24-10(3)14(18(25)28-4)15(16)11-6-5-7-12(21)17(11)22/h5-7,9,14-15H,8H2,1-4H3,(H2,23,27). The fourth-order valence-electron chi connectivity index (χ4n) is 3.23. The Kier molecular flexibility index (Phi) is 7.86. The van der Waals surface area contributed by atoms with Gasteiger partial charge in [-0.25, -0.2) is 9.59 Å². The van der Waals surface area contributed by atoms with Gasteiger partial charge in [0, 0.05) is 11.6 Å². The van der Waals surface area contributed by atoms with Crippen LogP contribution < -0.4 is 5.73 Å². The van der Waals surface area contributed by atoms with E-state index in [2.05, 4.69) is 4.99 Å². The Bertz CT molecular complexity index is 926. The predicted molar refractivity (Wildman–Crippen MR) is 112 cm³/mol. The van der Waals surface area contributed by atoms with Gasteiger partial charge in [0.25, 0.3) is 0 Å². The molecule has 0 aromatic heterocycles. The van der Waals surface area contributed by atoms with Crippen molar-refractivity contribution in [2.75, 3.05) is 13.7 Å². The van der Waals surface area contributed by atoms with Crippen LogP contribution in [-0.2, 0) is 23.8 Å². The van der Waals surface area contributed by atoms with E-state index in [4.69, 9.17) is 43.1 Å². The summed E-state index contributed by atoms with van der Waals surface area (Å²) in [5.41, 5.74) is 5.92. The summed E-state index contributed by atoms with van der Waals surface area (Å²) >= 11 is 12.6. The first-order valence-electron chi connectivity index (χ1n) is 9.01. The van der Waals surface area contributed by atoms with Gasteiger partial charge in [0.2, 0.25) is 0 Å². The van der Waals surface area contributed by atoms with Gasteiger partial charge < -0.3 is 19.9 Å². The number of benzene rings is 1. The minimum atomic E-state index is -1.04. The average Bonchev–Trinajstić information content (AvgIpc) is 2.66. The number of methoxy groups -OCH3 is 1. The molecule has 30 heavy (non-hydrogen) atoms. The van der Waals surface area contributed by atoms with Crippen molar-refractivity contribution in [2.24, 2.45) is 16.6 Å². The van der Waals surface area contributed by atoms with Crippen LogP contribution in [0.5, 0.6) is 0 Å². The van der Waals surface area contributed by atoms with Crippen molar-refractivity contribution in [2.45, 2.75) is 32.8 Å². The molecule has 1 aliphatic rings. The highest BCUT2D eigenvalue weighted by molar-refractivity contribution is 6.42. The van der Waals surface area contributed by atoms with Crippen LogP contribution in [0.25, 0.3) is 0 Å². The third-order valence-corrected chi connectivity index (χ3v) is 5.24. The van der Waals surface area contributed by atoms with E-state index in [1.165, 1.54) is 7.11 Å². The second-order valence-electron chi connectivity index (χ2n) is 6.80. The quantitative estimate of drug-likeness (QED) is 0.515. The molecule has 2 unspecified atom stereocenters. The largest absolute Gasteiger partial charge is 0.468 e. The van der Waals surface area contributed by atoms with Crippen LogP contribution in [-0.4, -0.2) is 43.6 Å². The molecule has 1 aromatic carbocycles. The molecule has 1 amide bonds. The molecule has 2 atom stereocenters. The number of hydrogen-bond donors (Lipinski definition) is 1. The first-order valence-corrected chi connectivity index (χ1v) is 9.77. The maximum Gasteiger partial charge on any atom is 0.404 e. The number of aliphatic imine (C=N–C) groups is 1. The molecule has 0 bridgehead atoms. The number of amides is 1. The van der Waals surface area contributed by atoms with Crippen LogP contribution in [0.3, 0.4) is 0 Å². The fraction of sp³-hybridized carbons (Fsp3) is 0.400. The SMILES string of the molecule is COC(=O)C1C(C)=NC(COC(N)=O)=C(C(=O)OC(C)C)C1c1cccc(Cl)c1Cl. The van der Waals surface area contributed by atoms with Gasteiger partial charge in [0.1, 0.15) is 12.5 Å². The zero-order chi connectivity index (χ0) is 22.6. The highest BCUT2D eigenvalue weighted by atomic mass is 35.5. The smallest absolute Gasteiger partial charge is 0.404 e. The van der Waals surface area contributed by atoms with Crippen molar-refractivity contribution in [3.63, 3.8) is 0 Å². The van der Waals surface area contributed by atoms with Crippen LogP contribution in [0.4, 0.5) is 4.79 Å². The monoisotopic (exact) mass is 456 g/mol. The molecule has 10 heteroatoms. The van der Waals surface area contributed by atoms with Crippen molar-refractivity contribution in [3.8, 4) is 0 Å². The summed E-state index contributed by atoms with van der Waals surface area (Å²) in [6, 6.07) is 4.86. The number of hydrogen-bond acceptors (Lipinski definition) is 7. The predicted octanol–water partition coefficient (Wildman–Crippen LogP) is 3.64. The van der Waals surface area contributed by atoms with Crippen molar-refractivity contribution in [1.29, 1.82) is 0 Å². The molecule has 8 nitrogen and oxygen atoms in total. The molecule has 1 aromatic rings. The number of ether oxygens (including phenoxy) is 3. The number of primary amides is 1. The molecule has 162 valence electrons. The lowest BCUT2D eigenvalue weighted by molar-refractivity contribution is -0.145. The molecule has 0 saturated carbocycles. The van der Waals surface area contributed by atoms with E-state index < -0.39 is 42.6 Å². The van der Waals surface area contributed by atoms with Gasteiger partial charge in [-0.05, 0) is 32.4 Å². The van der Waals surface area contributed by atoms with Gasteiger partial charge in [-0.1, -0.05) is 35.3 Å². The fourth-order valence-corrected chi connectivity index (χ4v) is 3.66. The lowest BCUT2D eigenvalue weighted by Gasteiger charge is -2.32. The molecule has 2 N–H and O–H groups in total. The van der Waals surface area contributed by atoms with E-state index in [9.17, 15) is 14.4 Å². The molecule has 0 fully saturated rings. The van der Waals surface area contributed by atoms with E-state index in [1.807, 2.05) is 0 Å². The normalized spacial score (nSPS) is 18.7. The van der Waals surface area contributed by atoms with Crippen LogP contribution in [0.15, 0.2) is 34.5 Å². The van der Waals surface area contributed by atoms with Crippen LogP contribution in [0.1, 0.15) is 32.3 Å².